The molecule has 2 unspecified atom stereocenters. The van der Waals surface area contributed by atoms with E-state index in [1.165, 1.54) is 11.4 Å². The molecule has 13 heavy (non-hydrogen) atoms. The van der Waals surface area contributed by atoms with Crippen LogP contribution in [0.3, 0.4) is 0 Å². The van der Waals surface area contributed by atoms with Crippen molar-refractivity contribution in [3.63, 3.8) is 0 Å². The van der Waals surface area contributed by atoms with E-state index in [9.17, 15) is 8.42 Å². The quantitative estimate of drug-likeness (QED) is 0.712. The predicted molar refractivity (Wildman–Crippen MR) is 52.5 cm³/mol. The van der Waals surface area contributed by atoms with Gasteiger partial charge < -0.3 is 0 Å². The normalized spacial score (nSPS) is 31.9. The number of piperidine rings is 1. The van der Waals surface area contributed by atoms with Gasteiger partial charge in [0, 0.05) is 20.1 Å². The third-order valence-corrected chi connectivity index (χ3v) is 3.93. The summed E-state index contributed by atoms with van der Waals surface area (Å²) in [6.45, 7) is 5.47. The average Bonchev–Trinajstić information content (AvgIpc) is 2.02. The minimum atomic E-state index is -3.20. The Labute approximate surface area is 80.5 Å². The molecular formula is C8H18N2O2S. The molecule has 0 aromatic heterocycles. The van der Waals surface area contributed by atoms with Crippen LogP contribution in [-0.4, -0.2) is 32.9 Å². The Balaban J connectivity index is 2.71. The molecule has 4 nitrogen and oxygen atoms in total. The van der Waals surface area contributed by atoms with Crippen LogP contribution in [0.5, 0.6) is 0 Å². The van der Waals surface area contributed by atoms with Crippen LogP contribution in [0, 0.1) is 11.8 Å². The highest BCUT2D eigenvalue weighted by atomic mass is 32.2. The number of nitrogens with one attached hydrogen (secondary N) is 1. The van der Waals surface area contributed by atoms with Gasteiger partial charge >= 0.3 is 0 Å². The molecule has 1 aliphatic rings. The first-order chi connectivity index (χ1) is 5.95. The van der Waals surface area contributed by atoms with Crippen LogP contribution < -0.4 is 4.72 Å². The first kappa shape index (κ1) is 10.9. The van der Waals surface area contributed by atoms with Crippen LogP contribution in [0.4, 0.5) is 0 Å². The maximum atomic E-state index is 11.5. The van der Waals surface area contributed by atoms with Gasteiger partial charge in [0.05, 0.1) is 0 Å². The molecule has 0 bridgehead atoms. The summed E-state index contributed by atoms with van der Waals surface area (Å²) in [5.74, 6) is 0.929. The van der Waals surface area contributed by atoms with E-state index >= 15 is 0 Å². The Hall–Kier alpha value is -0.130. The molecule has 2 atom stereocenters. The van der Waals surface area contributed by atoms with Crippen molar-refractivity contribution in [2.24, 2.45) is 11.8 Å². The van der Waals surface area contributed by atoms with Gasteiger partial charge in [0.15, 0.2) is 0 Å². The summed E-state index contributed by atoms with van der Waals surface area (Å²) in [5.41, 5.74) is 0. The van der Waals surface area contributed by atoms with E-state index in [-0.39, 0.29) is 0 Å². The first-order valence-electron chi connectivity index (χ1n) is 4.64. The molecule has 0 aromatic rings. The van der Waals surface area contributed by atoms with Crippen molar-refractivity contribution >= 4 is 10.2 Å². The Morgan fingerprint density at radius 1 is 1.23 bits per heavy atom. The highest BCUT2D eigenvalue weighted by Gasteiger charge is 2.29. The molecular weight excluding hydrogens is 188 g/mol. The average molecular weight is 206 g/mol. The summed E-state index contributed by atoms with van der Waals surface area (Å²) in [6.07, 6.45) is 1.12. The Kier molecular flexibility index (Phi) is 3.32. The van der Waals surface area contributed by atoms with Gasteiger partial charge in [0.25, 0.3) is 10.2 Å². The highest BCUT2D eigenvalue weighted by molar-refractivity contribution is 7.87. The summed E-state index contributed by atoms with van der Waals surface area (Å²) < 4.78 is 26.8. The van der Waals surface area contributed by atoms with Crippen LogP contribution >= 0.6 is 0 Å². The molecule has 1 saturated heterocycles. The SMILES string of the molecule is CNS(=O)(=O)N1CC(C)CC(C)C1. The van der Waals surface area contributed by atoms with Crippen LogP contribution in [0.25, 0.3) is 0 Å². The second-order valence-electron chi connectivity index (χ2n) is 3.97. The molecule has 0 spiro atoms. The van der Waals surface area contributed by atoms with Crippen molar-refractivity contribution in [2.75, 3.05) is 20.1 Å². The second-order valence-corrected chi connectivity index (χ2v) is 5.85. The van der Waals surface area contributed by atoms with Gasteiger partial charge in [-0.25, -0.2) is 4.72 Å². The standard InChI is InChI=1S/C8H18N2O2S/c1-7-4-8(2)6-10(5-7)13(11,12)9-3/h7-9H,4-6H2,1-3H3. The van der Waals surface area contributed by atoms with Crippen LogP contribution in [0.1, 0.15) is 20.3 Å². The highest BCUT2D eigenvalue weighted by Crippen LogP contribution is 2.22. The minimum Gasteiger partial charge on any atom is -0.205 e. The van der Waals surface area contributed by atoms with Crippen molar-refractivity contribution in [1.29, 1.82) is 0 Å². The van der Waals surface area contributed by atoms with Gasteiger partial charge in [-0.2, -0.15) is 12.7 Å². The maximum absolute atomic E-state index is 11.5. The van der Waals surface area contributed by atoms with Gasteiger partial charge in [0.1, 0.15) is 0 Å². The van der Waals surface area contributed by atoms with Crippen molar-refractivity contribution in [3.05, 3.63) is 0 Å². The fraction of sp³-hybridized carbons (Fsp3) is 1.00. The second kappa shape index (κ2) is 3.94. The number of hydrogen-bond donors (Lipinski definition) is 1. The molecule has 0 amide bonds. The van der Waals surface area contributed by atoms with E-state index in [1.807, 2.05) is 0 Å². The third kappa shape index (κ3) is 2.65. The molecule has 0 aliphatic carbocycles. The van der Waals surface area contributed by atoms with Gasteiger partial charge in [0.2, 0.25) is 0 Å². The molecule has 1 aliphatic heterocycles. The summed E-state index contributed by atoms with van der Waals surface area (Å²) >= 11 is 0. The van der Waals surface area contributed by atoms with Crippen LogP contribution in [0.15, 0.2) is 0 Å². The van der Waals surface area contributed by atoms with Crippen molar-refractivity contribution in [2.45, 2.75) is 20.3 Å². The molecule has 5 heteroatoms. The summed E-state index contributed by atoms with van der Waals surface area (Å²) in [6, 6.07) is 0. The van der Waals surface area contributed by atoms with Crippen molar-refractivity contribution < 1.29 is 8.42 Å². The zero-order chi connectivity index (χ0) is 10.1. The van der Waals surface area contributed by atoms with E-state index in [0.29, 0.717) is 24.9 Å². The fourth-order valence-corrected chi connectivity index (χ4v) is 3.09. The molecule has 0 saturated carbocycles. The van der Waals surface area contributed by atoms with E-state index in [1.54, 1.807) is 0 Å². The van der Waals surface area contributed by atoms with Crippen LogP contribution in [0.2, 0.25) is 0 Å². The monoisotopic (exact) mass is 206 g/mol. The Morgan fingerprint density at radius 3 is 2.08 bits per heavy atom. The smallest absolute Gasteiger partial charge is 0.205 e. The van der Waals surface area contributed by atoms with Crippen molar-refractivity contribution in [3.8, 4) is 0 Å². The number of nitrogens with zero attached hydrogens (tertiary/aromatic N) is 1. The van der Waals surface area contributed by atoms with Gasteiger partial charge in [-0.05, 0) is 18.3 Å². The van der Waals surface area contributed by atoms with E-state index in [4.69, 9.17) is 0 Å². The van der Waals surface area contributed by atoms with Gasteiger partial charge in [-0.3, -0.25) is 0 Å². The van der Waals surface area contributed by atoms with E-state index < -0.39 is 10.2 Å². The van der Waals surface area contributed by atoms with Gasteiger partial charge in [-0.15, -0.1) is 0 Å². The fourth-order valence-electron chi connectivity index (χ4n) is 1.93. The molecule has 0 radical (unpaired) electrons. The van der Waals surface area contributed by atoms with E-state index in [2.05, 4.69) is 18.6 Å². The molecule has 1 heterocycles. The number of rotatable bonds is 2. The Morgan fingerprint density at radius 2 is 1.69 bits per heavy atom. The lowest BCUT2D eigenvalue weighted by atomic mass is 9.94. The Bertz CT molecular complexity index is 253. The number of hydrogen-bond acceptors (Lipinski definition) is 2. The first-order valence-corrected chi connectivity index (χ1v) is 6.08. The molecule has 1 rings (SSSR count). The largest absolute Gasteiger partial charge is 0.279 e. The lowest BCUT2D eigenvalue weighted by Crippen LogP contribution is -2.46. The van der Waals surface area contributed by atoms with Crippen molar-refractivity contribution in [1.82, 2.24) is 9.03 Å². The molecule has 1 N–H and O–H groups in total. The van der Waals surface area contributed by atoms with E-state index in [0.717, 1.165) is 6.42 Å². The maximum Gasteiger partial charge on any atom is 0.279 e. The summed E-state index contributed by atoms with van der Waals surface area (Å²) in [7, 11) is -1.75. The molecule has 0 aromatic carbocycles. The predicted octanol–water partition coefficient (Wildman–Crippen LogP) is 0.428. The molecule has 78 valence electrons. The topological polar surface area (TPSA) is 49.4 Å². The summed E-state index contributed by atoms with van der Waals surface area (Å²) in [4.78, 5) is 0. The lowest BCUT2D eigenvalue weighted by Gasteiger charge is -2.33. The summed E-state index contributed by atoms with van der Waals surface area (Å²) in [5, 5.41) is 0. The zero-order valence-corrected chi connectivity index (χ0v) is 9.26. The molecule has 1 fully saturated rings. The van der Waals surface area contributed by atoms with Crippen LogP contribution in [-0.2, 0) is 10.2 Å². The minimum absolute atomic E-state index is 0.465. The third-order valence-electron chi connectivity index (χ3n) is 2.43. The zero-order valence-electron chi connectivity index (χ0n) is 8.45. The van der Waals surface area contributed by atoms with Gasteiger partial charge in [-0.1, -0.05) is 13.8 Å². The lowest BCUT2D eigenvalue weighted by molar-refractivity contribution is 0.221.